The molecule has 0 aliphatic carbocycles. The molecule has 0 bridgehead atoms. The Hall–Kier alpha value is -0.160. The molecule has 0 aromatic rings. The molecular weight excluding hydrogens is 180 g/mol. The summed E-state index contributed by atoms with van der Waals surface area (Å²) in [5, 5.41) is 12.1. The summed E-state index contributed by atoms with van der Waals surface area (Å²) in [6, 6.07) is 0.385. The molecule has 4 nitrogen and oxygen atoms in total. The van der Waals surface area contributed by atoms with Crippen molar-refractivity contribution in [3.05, 3.63) is 0 Å². The maximum Gasteiger partial charge on any atom is 0.0510 e. The van der Waals surface area contributed by atoms with Crippen LogP contribution in [0, 0.1) is 5.92 Å². The van der Waals surface area contributed by atoms with Crippen LogP contribution in [0.2, 0.25) is 0 Å². The number of rotatable bonds is 7. The topological polar surface area (TPSA) is 67.5 Å². The van der Waals surface area contributed by atoms with Crippen molar-refractivity contribution in [1.29, 1.82) is 0 Å². The predicted octanol–water partition coefficient (Wildman–Crippen LogP) is -0.288. The van der Waals surface area contributed by atoms with E-state index in [0.29, 0.717) is 18.5 Å². The molecule has 14 heavy (non-hydrogen) atoms. The lowest BCUT2D eigenvalue weighted by Gasteiger charge is -2.21. The molecule has 1 fully saturated rings. The van der Waals surface area contributed by atoms with E-state index in [9.17, 15) is 0 Å². The molecule has 0 aromatic heterocycles. The molecule has 0 radical (unpaired) electrons. The van der Waals surface area contributed by atoms with Crippen molar-refractivity contribution in [2.24, 2.45) is 11.7 Å². The van der Waals surface area contributed by atoms with Gasteiger partial charge in [0.25, 0.3) is 0 Å². The van der Waals surface area contributed by atoms with E-state index in [2.05, 4.69) is 5.32 Å². The summed E-state index contributed by atoms with van der Waals surface area (Å²) in [7, 11) is 0. The first-order valence-corrected chi connectivity index (χ1v) is 5.50. The van der Waals surface area contributed by atoms with Gasteiger partial charge in [0.1, 0.15) is 0 Å². The number of nitrogens with one attached hydrogen (secondary N) is 1. The van der Waals surface area contributed by atoms with Gasteiger partial charge >= 0.3 is 0 Å². The van der Waals surface area contributed by atoms with E-state index in [1.165, 1.54) is 0 Å². The third kappa shape index (κ3) is 3.92. The van der Waals surface area contributed by atoms with Crippen molar-refractivity contribution in [1.82, 2.24) is 5.32 Å². The highest BCUT2D eigenvalue weighted by Crippen LogP contribution is 2.15. The highest BCUT2D eigenvalue weighted by atomic mass is 16.5. The lowest BCUT2D eigenvalue weighted by molar-refractivity contribution is 0.177. The van der Waals surface area contributed by atoms with Crippen LogP contribution in [-0.4, -0.2) is 44.1 Å². The van der Waals surface area contributed by atoms with Gasteiger partial charge in [0.15, 0.2) is 0 Å². The van der Waals surface area contributed by atoms with Crippen LogP contribution in [-0.2, 0) is 4.74 Å². The fourth-order valence-corrected chi connectivity index (χ4v) is 1.84. The van der Waals surface area contributed by atoms with Gasteiger partial charge in [0, 0.05) is 31.7 Å². The number of unbranched alkanes of at least 4 members (excludes halogenated alkanes) is 1. The van der Waals surface area contributed by atoms with Gasteiger partial charge < -0.3 is 20.9 Å². The van der Waals surface area contributed by atoms with Crippen molar-refractivity contribution in [2.75, 3.05) is 32.9 Å². The Kier molecular flexibility index (Phi) is 6.10. The van der Waals surface area contributed by atoms with E-state index in [1.807, 2.05) is 0 Å². The molecule has 0 amide bonds. The zero-order valence-electron chi connectivity index (χ0n) is 8.74. The number of aliphatic hydroxyl groups is 1. The van der Waals surface area contributed by atoms with Gasteiger partial charge in [0.2, 0.25) is 0 Å². The molecule has 2 atom stereocenters. The minimum atomic E-state index is 0.279. The van der Waals surface area contributed by atoms with Crippen LogP contribution in [0.1, 0.15) is 19.3 Å². The van der Waals surface area contributed by atoms with Crippen molar-refractivity contribution < 1.29 is 9.84 Å². The van der Waals surface area contributed by atoms with Crippen LogP contribution in [0.3, 0.4) is 0 Å². The van der Waals surface area contributed by atoms with Crippen LogP contribution in [0.5, 0.6) is 0 Å². The molecule has 0 aromatic carbocycles. The number of hydrogen-bond donors (Lipinski definition) is 3. The third-order valence-corrected chi connectivity index (χ3v) is 2.78. The van der Waals surface area contributed by atoms with E-state index in [0.717, 1.165) is 39.0 Å². The minimum Gasteiger partial charge on any atom is -0.396 e. The van der Waals surface area contributed by atoms with Gasteiger partial charge in [-0.05, 0) is 25.8 Å². The Bertz CT molecular complexity index is 138. The monoisotopic (exact) mass is 202 g/mol. The van der Waals surface area contributed by atoms with E-state index >= 15 is 0 Å². The van der Waals surface area contributed by atoms with E-state index in [1.54, 1.807) is 0 Å². The van der Waals surface area contributed by atoms with E-state index in [4.69, 9.17) is 15.6 Å². The van der Waals surface area contributed by atoms with Crippen LogP contribution in [0.4, 0.5) is 0 Å². The Morgan fingerprint density at radius 2 is 2.36 bits per heavy atom. The number of nitrogens with two attached hydrogens (primary N) is 1. The average molecular weight is 202 g/mol. The second-order valence-corrected chi connectivity index (χ2v) is 3.85. The van der Waals surface area contributed by atoms with Crippen LogP contribution < -0.4 is 11.1 Å². The van der Waals surface area contributed by atoms with Crippen molar-refractivity contribution in [3.63, 3.8) is 0 Å². The summed E-state index contributed by atoms with van der Waals surface area (Å²) in [5.41, 5.74) is 5.70. The van der Waals surface area contributed by atoms with Crippen LogP contribution >= 0.6 is 0 Å². The van der Waals surface area contributed by atoms with Crippen LogP contribution in [0.15, 0.2) is 0 Å². The molecule has 84 valence electrons. The molecule has 4 heteroatoms. The van der Waals surface area contributed by atoms with Crippen molar-refractivity contribution >= 4 is 0 Å². The normalized spacial score (nSPS) is 24.0. The summed E-state index contributed by atoms with van der Waals surface area (Å²) in [6.07, 6.45) is 3.00. The number of aliphatic hydroxyl groups excluding tert-OH is 1. The van der Waals surface area contributed by atoms with Gasteiger partial charge in [-0.1, -0.05) is 0 Å². The average Bonchev–Trinajstić information content (AvgIpc) is 2.71. The second kappa shape index (κ2) is 7.17. The summed E-state index contributed by atoms with van der Waals surface area (Å²) in [5.74, 6) is 0.578. The zero-order valence-corrected chi connectivity index (χ0v) is 8.74. The van der Waals surface area contributed by atoms with E-state index < -0.39 is 0 Å². The van der Waals surface area contributed by atoms with Crippen molar-refractivity contribution in [3.8, 4) is 0 Å². The van der Waals surface area contributed by atoms with Gasteiger partial charge in [-0.25, -0.2) is 0 Å². The molecule has 2 unspecified atom stereocenters. The summed E-state index contributed by atoms with van der Waals surface area (Å²) >= 11 is 0. The minimum absolute atomic E-state index is 0.279. The lowest BCUT2D eigenvalue weighted by Crippen LogP contribution is -2.42. The molecule has 4 N–H and O–H groups in total. The molecular formula is C10H22N2O2. The fraction of sp³-hybridized carbons (Fsp3) is 1.00. The summed E-state index contributed by atoms with van der Waals surface area (Å²) < 4.78 is 5.33. The summed E-state index contributed by atoms with van der Waals surface area (Å²) in [6.45, 7) is 3.61. The van der Waals surface area contributed by atoms with Gasteiger partial charge in [-0.2, -0.15) is 0 Å². The number of hydrogen-bond acceptors (Lipinski definition) is 4. The molecule has 1 aliphatic rings. The Morgan fingerprint density at radius 1 is 1.50 bits per heavy atom. The fourth-order valence-electron chi connectivity index (χ4n) is 1.84. The Labute approximate surface area is 85.8 Å². The van der Waals surface area contributed by atoms with Crippen LogP contribution in [0.25, 0.3) is 0 Å². The second-order valence-electron chi connectivity index (χ2n) is 3.85. The Morgan fingerprint density at radius 3 is 2.93 bits per heavy atom. The standard InChI is InChI=1S/C10H22N2O2/c11-7-10(9-3-6-14-8-9)12-4-1-2-5-13/h9-10,12-13H,1-8,11H2. The zero-order chi connectivity index (χ0) is 10.2. The van der Waals surface area contributed by atoms with Crippen molar-refractivity contribution in [2.45, 2.75) is 25.3 Å². The van der Waals surface area contributed by atoms with Gasteiger partial charge in [-0.15, -0.1) is 0 Å². The molecule has 1 heterocycles. The maximum absolute atomic E-state index is 8.63. The molecule has 0 spiro atoms. The first-order chi connectivity index (χ1) is 6.88. The molecule has 1 rings (SSSR count). The van der Waals surface area contributed by atoms with Gasteiger partial charge in [0.05, 0.1) is 6.61 Å². The molecule has 1 aliphatic heterocycles. The molecule has 1 saturated heterocycles. The lowest BCUT2D eigenvalue weighted by atomic mass is 9.99. The largest absolute Gasteiger partial charge is 0.396 e. The smallest absolute Gasteiger partial charge is 0.0510 e. The molecule has 0 saturated carbocycles. The highest BCUT2D eigenvalue weighted by molar-refractivity contribution is 4.79. The van der Waals surface area contributed by atoms with Gasteiger partial charge in [-0.3, -0.25) is 0 Å². The first-order valence-electron chi connectivity index (χ1n) is 5.50. The van der Waals surface area contributed by atoms with E-state index in [-0.39, 0.29) is 6.61 Å². The maximum atomic E-state index is 8.63. The quantitative estimate of drug-likeness (QED) is 0.496. The Balaban J connectivity index is 2.11. The predicted molar refractivity (Wildman–Crippen MR) is 56.1 cm³/mol. The summed E-state index contributed by atoms with van der Waals surface area (Å²) in [4.78, 5) is 0. The SMILES string of the molecule is NCC(NCCCCO)C1CCOC1. The first kappa shape index (κ1) is 11.9. The number of ether oxygens (including phenoxy) is 1. The highest BCUT2D eigenvalue weighted by Gasteiger charge is 2.23. The third-order valence-electron chi connectivity index (χ3n) is 2.78.